The third kappa shape index (κ3) is 6.97. The molecule has 0 saturated carbocycles. The van der Waals surface area contributed by atoms with E-state index in [1.165, 1.54) is 25.7 Å². The number of carbonyl (C=O) groups is 2. The number of hydrogen-bond donors (Lipinski definition) is 4. The number of hydrogen-bond acceptors (Lipinski definition) is 5. The first-order valence-corrected chi connectivity index (χ1v) is 17.4. The minimum atomic E-state index is -1.03. The molecule has 9 heteroatoms. The third-order valence-electron chi connectivity index (χ3n) is 10.3. The number of carboxylic acid groups (broad SMARTS) is 2. The van der Waals surface area contributed by atoms with E-state index < -0.39 is 11.9 Å². The van der Waals surface area contributed by atoms with E-state index in [2.05, 4.69) is 56.7 Å². The second-order valence-corrected chi connectivity index (χ2v) is 13.4. The zero-order valence-electron chi connectivity index (χ0n) is 29.5. The molecule has 0 radical (unpaired) electrons. The number of aryl methyl sites for hydroxylation is 3. The minimum Gasteiger partial charge on any atom is -0.481 e. The van der Waals surface area contributed by atoms with E-state index in [1.54, 1.807) is 0 Å². The Kier molecular flexibility index (Phi) is 10.9. The maximum atomic E-state index is 12.7. The van der Waals surface area contributed by atoms with Gasteiger partial charge in [-0.25, -0.2) is 9.78 Å². The molecule has 0 unspecified atom stereocenters. The summed E-state index contributed by atoms with van der Waals surface area (Å²) in [6, 6.07) is 6.12. The van der Waals surface area contributed by atoms with Crippen LogP contribution >= 0.6 is 0 Å². The first-order valence-electron chi connectivity index (χ1n) is 17.4. The van der Waals surface area contributed by atoms with Gasteiger partial charge in [0.25, 0.3) is 0 Å². The molecular weight excluding hydrogens is 604 g/mol. The molecule has 256 valence electrons. The minimum absolute atomic E-state index is 0.00631. The summed E-state index contributed by atoms with van der Waals surface area (Å²) < 4.78 is 6.24. The van der Waals surface area contributed by atoms with Gasteiger partial charge in [0.05, 0.1) is 29.1 Å². The van der Waals surface area contributed by atoms with Gasteiger partial charge in [-0.3, -0.25) is 9.78 Å². The average Bonchev–Trinajstić information content (AvgIpc) is 3.72. The van der Waals surface area contributed by atoms with Crippen molar-refractivity contribution < 1.29 is 24.5 Å². The van der Waals surface area contributed by atoms with Gasteiger partial charge >= 0.3 is 11.9 Å². The third-order valence-corrected chi connectivity index (χ3v) is 10.3. The van der Waals surface area contributed by atoms with Crippen LogP contribution in [0.2, 0.25) is 0 Å². The molecule has 0 aromatic carbocycles. The maximum absolute atomic E-state index is 12.7. The second-order valence-electron chi connectivity index (χ2n) is 13.4. The Morgan fingerprint density at radius 3 is 2.25 bits per heavy atom. The second kappa shape index (κ2) is 14.9. The van der Waals surface area contributed by atoms with Gasteiger partial charge in [-0.2, -0.15) is 0 Å². The Hall–Kier alpha value is -4.24. The van der Waals surface area contributed by atoms with E-state index in [1.807, 2.05) is 19.9 Å². The molecule has 5 heterocycles. The molecule has 2 aliphatic rings. The first kappa shape index (κ1) is 35.1. The summed E-state index contributed by atoms with van der Waals surface area (Å²) >= 11 is 0. The highest BCUT2D eigenvalue weighted by atomic mass is 16.5. The van der Waals surface area contributed by atoms with Gasteiger partial charge < -0.3 is 24.9 Å². The number of aromatic carboxylic acids is 1. The van der Waals surface area contributed by atoms with E-state index in [0.717, 1.165) is 68.9 Å². The van der Waals surface area contributed by atoms with Crippen molar-refractivity contribution >= 4 is 45.2 Å². The number of ether oxygens (including phenoxy) is 1. The number of H-pyrrole nitrogens is 2. The van der Waals surface area contributed by atoms with Crippen molar-refractivity contribution in [2.45, 2.75) is 118 Å². The van der Waals surface area contributed by atoms with E-state index in [4.69, 9.17) is 14.7 Å². The van der Waals surface area contributed by atoms with Crippen LogP contribution in [0.15, 0.2) is 18.2 Å². The highest BCUT2D eigenvalue weighted by Crippen LogP contribution is 2.42. The van der Waals surface area contributed by atoms with Crippen molar-refractivity contribution in [2.24, 2.45) is 0 Å². The standard InChI is InChI=1S/C39H50N4O5/c1-8-10-11-12-13-16-48-20-28-23(5)29-17-31-22(4)27(14-15-35(44)45)37(42-31)25(7)38-36(39(46)47)24(6)32(43-38)19-33-26(9-2)21(3)30(40-33)18-34(28)41-29/h17-19,22,27,41,43H,8-16,20H2,1-7H3,(H,44,45)(H,46,47)/t22-,27-/m0/s1. The molecular formula is C39H50N4O5. The molecule has 0 aliphatic carbocycles. The summed E-state index contributed by atoms with van der Waals surface area (Å²) in [6.07, 6.45) is 7.06. The number of nitrogens with one attached hydrogen (secondary N) is 2. The molecule has 3 aromatic heterocycles. The summed E-state index contributed by atoms with van der Waals surface area (Å²) in [5.74, 6) is -2.16. The van der Waals surface area contributed by atoms with Crippen LogP contribution in [0.1, 0.15) is 146 Å². The lowest BCUT2D eigenvalue weighted by Gasteiger charge is -2.16. The molecule has 48 heavy (non-hydrogen) atoms. The zero-order chi connectivity index (χ0) is 34.7. The summed E-state index contributed by atoms with van der Waals surface area (Å²) in [5, 5.41) is 20.0. The van der Waals surface area contributed by atoms with Crippen molar-refractivity contribution in [1.82, 2.24) is 19.9 Å². The van der Waals surface area contributed by atoms with Crippen molar-refractivity contribution in [1.29, 1.82) is 0 Å². The van der Waals surface area contributed by atoms with Crippen LogP contribution in [0.5, 0.6) is 0 Å². The van der Waals surface area contributed by atoms with E-state index >= 15 is 0 Å². The predicted octanol–water partition coefficient (Wildman–Crippen LogP) is 9.52. The Morgan fingerprint density at radius 2 is 1.56 bits per heavy atom. The number of allylic oxidation sites excluding steroid dienone is 2. The molecule has 0 spiro atoms. The fourth-order valence-electron chi connectivity index (χ4n) is 7.26. The van der Waals surface area contributed by atoms with Crippen LogP contribution in [0, 0.1) is 20.8 Å². The lowest BCUT2D eigenvalue weighted by atomic mass is 9.86. The maximum Gasteiger partial charge on any atom is 0.338 e. The van der Waals surface area contributed by atoms with Crippen molar-refractivity contribution in [3.05, 3.63) is 68.8 Å². The number of unbranched alkanes of at least 4 members (excludes halogenated alkanes) is 4. The van der Waals surface area contributed by atoms with E-state index in [-0.39, 0.29) is 23.8 Å². The van der Waals surface area contributed by atoms with Gasteiger partial charge in [0.2, 0.25) is 0 Å². The SMILES string of the molecule is CCCCCCCOCc1c(C)c2cc3nc(c(C)c4[nH]c(cc5nc(cc1[nH]2)C(C)=C5CC)c(C)c4C(=O)O)[C@@H](CCC(=O)O)[C@@H]3C. The average molecular weight is 655 g/mol. The highest BCUT2D eigenvalue weighted by Gasteiger charge is 2.32. The molecule has 5 rings (SSSR count). The van der Waals surface area contributed by atoms with Crippen LogP contribution < -0.4 is 0 Å². The number of nitrogens with zero attached hydrogens (tertiary/aromatic N) is 2. The zero-order valence-corrected chi connectivity index (χ0v) is 29.5. The molecule has 8 bridgehead atoms. The number of aromatic nitrogens is 4. The van der Waals surface area contributed by atoms with Crippen LogP contribution in [-0.4, -0.2) is 48.7 Å². The molecule has 9 nitrogen and oxygen atoms in total. The van der Waals surface area contributed by atoms with Crippen LogP contribution in [-0.2, 0) is 16.1 Å². The van der Waals surface area contributed by atoms with Gasteiger partial charge in [0.15, 0.2) is 0 Å². The summed E-state index contributed by atoms with van der Waals surface area (Å²) in [6.45, 7) is 15.5. The van der Waals surface area contributed by atoms with Crippen molar-refractivity contribution in [3.8, 4) is 0 Å². The van der Waals surface area contributed by atoms with Gasteiger partial charge in [0.1, 0.15) is 0 Å². The molecule has 4 N–H and O–H groups in total. The summed E-state index contributed by atoms with van der Waals surface area (Å²) in [7, 11) is 0. The highest BCUT2D eigenvalue weighted by molar-refractivity contribution is 6.02. The van der Waals surface area contributed by atoms with Crippen LogP contribution in [0.3, 0.4) is 0 Å². The van der Waals surface area contributed by atoms with Gasteiger partial charge in [0, 0.05) is 58.4 Å². The fourth-order valence-corrected chi connectivity index (χ4v) is 7.26. The Morgan fingerprint density at radius 1 is 0.854 bits per heavy atom. The molecule has 2 atom stereocenters. The number of aliphatic carboxylic acids is 1. The lowest BCUT2D eigenvalue weighted by molar-refractivity contribution is -0.137. The predicted molar refractivity (Wildman–Crippen MR) is 191 cm³/mol. The first-order chi connectivity index (χ1) is 23.0. The Labute approximate surface area is 282 Å². The Bertz CT molecular complexity index is 1910. The van der Waals surface area contributed by atoms with Gasteiger partial charge in [-0.05, 0) is 93.0 Å². The molecule has 0 saturated heterocycles. The lowest BCUT2D eigenvalue weighted by Crippen LogP contribution is -2.07. The number of carboxylic acids is 2. The van der Waals surface area contributed by atoms with E-state index in [9.17, 15) is 19.8 Å². The van der Waals surface area contributed by atoms with Crippen LogP contribution in [0.4, 0.5) is 0 Å². The Balaban J connectivity index is 1.79. The number of fused-ring (bicyclic) bond motifs is 8. The molecule has 0 fully saturated rings. The monoisotopic (exact) mass is 654 g/mol. The van der Waals surface area contributed by atoms with Crippen molar-refractivity contribution in [3.63, 3.8) is 0 Å². The van der Waals surface area contributed by atoms with E-state index in [0.29, 0.717) is 41.8 Å². The quantitative estimate of drug-likeness (QED) is 0.135. The molecule has 2 aliphatic heterocycles. The van der Waals surface area contributed by atoms with Gasteiger partial charge in [-0.15, -0.1) is 0 Å². The summed E-state index contributed by atoms with van der Waals surface area (Å²) in [5.41, 5.74) is 12.1. The summed E-state index contributed by atoms with van der Waals surface area (Å²) in [4.78, 5) is 41.7. The fraction of sp³-hybridized carbons (Fsp3) is 0.487. The normalized spacial score (nSPS) is 16.1. The smallest absolute Gasteiger partial charge is 0.338 e. The number of rotatable bonds is 13. The van der Waals surface area contributed by atoms with Crippen molar-refractivity contribution in [2.75, 3.05) is 6.61 Å². The molecule has 0 amide bonds. The molecule has 3 aromatic rings. The largest absolute Gasteiger partial charge is 0.481 e. The van der Waals surface area contributed by atoms with Crippen LogP contribution in [0.25, 0.3) is 33.2 Å². The number of aromatic amines is 2. The topological polar surface area (TPSA) is 141 Å². The van der Waals surface area contributed by atoms with Gasteiger partial charge in [-0.1, -0.05) is 46.5 Å².